The number of hydrogen-bond donors (Lipinski definition) is 2. The highest BCUT2D eigenvalue weighted by molar-refractivity contribution is 5.87. The lowest BCUT2D eigenvalue weighted by Gasteiger charge is -2.27. The number of azide groups is 1. The molecule has 0 saturated carbocycles. The Balaban J connectivity index is 5.42. The molecule has 0 fully saturated rings. The van der Waals surface area contributed by atoms with Crippen molar-refractivity contribution in [2.75, 3.05) is 6.54 Å². The van der Waals surface area contributed by atoms with E-state index in [1.165, 1.54) is 0 Å². The quantitative estimate of drug-likeness (QED) is 0.0978. The van der Waals surface area contributed by atoms with Gasteiger partial charge < -0.3 is 24.8 Å². The lowest BCUT2D eigenvalue weighted by molar-refractivity contribution is -0.159. The van der Waals surface area contributed by atoms with Crippen LogP contribution in [0.15, 0.2) is 5.11 Å². The van der Waals surface area contributed by atoms with E-state index >= 15 is 0 Å². The van der Waals surface area contributed by atoms with E-state index in [0.29, 0.717) is 12.8 Å². The Hall–Kier alpha value is -3.01. The molecule has 0 bridgehead atoms. The molecule has 0 aromatic heterocycles. The SMILES string of the molecule is CC(C)(C)OC(=O)CC[C@H](NC(=O)N[C@@H](CCCCN=[N+]=[N-])C(=O)OC(C)(C)C)C(=O)OC(C)(C)C. The van der Waals surface area contributed by atoms with E-state index in [-0.39, 0.29) is 25.8 Å². The predicted molar refractivity (Wildman–Crippen MR) is 134 cm³/mol. The largest absolute Gasteiger partial charge is 0.460 e. The van der Waals surface area contributed by atoms with Gasteiger partial charge in [0.25, 0.3) is 0 Å². The number of unbranched alkanes of at least 4 members (excludes halogenated alkanes) is 1. The van der Waals surface area contributed by atoms with E-state index in [9.17, 15) is 19.2 Å². The van der Waals surface area contributed by atoms with Crippen molar-refractivity contribution in [2.24, 2.45) is 5.11 Å². The zero-order valence-electron chi connectivity index (χ0n) is 23.1. The van der Waals surface area contributed by atoms with E-state index in [4.69, 9.17) is 19.7 Å². The summed E-state index contributed by atoms with van der Waals surface area (Å²) in [5, 5.41) is 8.52. The molecular formula is C24H43N5O7. The fraction of sp³-hybridized carbons (Fsp3) is 0.833. The lowest BCUT2D eigenvalue weighted by Crippen LogP contribution is -2.53. The van der Waals surface area contributed by atoms with Crippen LogP contribution in [0.4, 0.5) is 4.79 Å². The highest BCUT2D eigenvalue weighted by Gasteiger charge is 2.31. The molecule has 2 amide bonds. The summed E-state index contributed by atoms with van der Waals surface area (Å²) in [4.78, 5) is 53.0. The minimum absolute atomic E-state index is 0.0550. The molecule has 2 atom stereocenters. The molecular weight excluding hydrogens is 470 g/mol. The molecule has 0 spiro atoms. The van der Waals surface area contributed by atoms with Crippen LogP contribution >= 0.6 is 0 Å². The van der Waals surface area contributed by atoms with E-state index in [1.54, 1.807) is 62.3 Å². The van der Waals surface area contributed by atoms with Gasteiger partial charge in [-0.3, -0.25) is 4.79 Å². The van der Waals surface area contributed by atoms with Crippen LogP contribution in [0.25, 0.3) is 10.4 Å². The molecule has 0 heterocycles. The Morgan fingerprint density at radius 1 is 0.750 bits per heavy atom. The van der Waals surface area contributed by atoms with Gasteiger partial charge in [0.1, 0.15) is 28.9 Å². The zero-order valence-corrected chi connectivity index (χ0v) is 23.1. The third-order valence-corrected chi connectivity index (χ3v) is 4.11. The second-order valence-electron chi connectivity index (χ2n) is 11.4. The summed E-state index contributed by atoms with van der Waals surface area (Å²) in [6, 6.07) is -2.94. The monoisotopic (exact) mass is 513 g/mol. The number of esters is 3. The van der Waals surface area contributed by atoms with Crippen LogP contribution in [0.1, 0.15) is 94.4 Å². The standard InChI is InChI=1S/C24H43N5O7/c1-22(2,3)34-18(30)14-13-17(20(32)36-24(7,8)9)28-21(33)27-16(12-10-11-15-26-29-25)19(31)35-23(4,5)6/h16-17H,10-15H2,1-9H3,(H2,27,28,33)/t16-,17-/m0/s1. The van der Waals surface area contributed by atoms with Crippen molar-refractivity contribution in [3.8, 4) is 0 Å². The van der Waals surface area contributed by atoms with Crippen LogP contribution in [0.2, 0.25) is 0 Å². The second kappa shape index (κ2) is 14.5. The number of nitrogens with one attached hydrogen (secondary N) is 2. The van der Waals surface area contributed by atoms with Crippen molar-refractivity contribution in [3.05, 3.63) is 10.4 Å². The molecule has 0 aromatic rings. The molecule has 0 aromatic carbocycles. The molecule has 12 nitrogen and oxygen atoms in total. The number of nitrogens with zero attached hydrogens (tertiary/aromatic N) is 3. The third-order valence-electron chi connectivity index (χ3n) is 4.11. The van der Waals surface area contributed by atoms with E-state index < -0.39 is 52.8 Å². The fourth-order valence-corrected chi connectivity index (χ4v) is 2.83. The number of carbonyl (C=O) groups excluding carboxylic acids is 4. The summed E-state index contributed by atoms with van der Waals surface area (Å²) in [6.45, 7) is 15.6. The van der Waals surface area contributed by atoms with Gasteiger partial charge in [-0.05, 0) is 87.1 Å². The van der Waals surface area contributed by atoms with Crippen LogP contribution in [0.5, 0.6) is 0 Å². The third kappa shape index (κ3) is 17.4. The summed E-state index contributed by atoms with van der Waals surface area (Å²) in [5.41, 5.74) is 6.11. The molecule has 206 valence electrons. The van der Waals surface area contributed by atoms with Crippen LogP contribution in [-0.4, -0.2) is 59.4 Å². The van der Waals surface area contributed by atoms with Gasteiger partial charge in [0.15, 0.2) is 0 Å². The van der Waals surface area contributed by atoms with Gasteiger partial charge in [-0.1, -0.05) is 11.5 Å². The minimum atomic E-state index is -1.15. The van der Waals surface area contributed by atoms with Crippen molar-refractivity contribution in [2.45, 2.75) is 123 Å². The summed E-state index contributed by atoms with van der Waals surface area (Å²) in [5.74, 6) is -1.88. The Kier molecular flexibility index (Phi) is 13.3. The average Bonchev–Trinajstić information content (AvgIpc) is 2.65. The van der Waals surface area contributed by atoms with Crippen LogP contribution in [-0.2, 0) is 28.6 Å². The molecule has 0 unspecified atom stereocenters. The summed E-state index contributed by atoms with van der Waals surface area (Å²) in [6.07, 6.45) is 1.05. The topological polar surface area (TPSA) is 169 Å². The summed E-state index contributed by atoms with van der Waals surface area (Å²) < 4.78 is 16.1. The summed E-state index contributed by atoms with van der Waals surface area (Å²) >= 11 is 0. The molecule has 2 N–H and O–H groups in total. The highest BCUT2D eigenvalue weighted by Crippen LogP contribution is 2.15. The summed E-state index contributed by atoms with van der Waals surface area (Å²) in [7, 11) is 0. The number of ether oxygens (including phenoxy) is 3. The average molecular weight is 514 g/mol. The van der Waals surface area contributed by atoms with Crippen LogP contribution in [0.3, 0.4) is 0 Å². The normalized spacial score (nSPS) is 13.5. The van der Waals surface area contributed by atoms with Gasteiger partial charge >= 0.3 is 23.9 Å². The molecule has 12 heteroatoms. The van der Waals surface area contributed by atoms with Gasteiger partial charge in [0.2, 0.25) is 0 Å². The fourth-order valence-electron chi connectivity index (χ4n) is 2.83. The van der Waals surface area contributed by atoms with Gasteiger partial charge in [-0.25, -0.2) is 14.4 Å². The Labute approximate surface area is 213 Å². The molecule has 0 rings (SSSR count). The molecule has 0 aliphatic carbocycles. The zero-order chi connectivity index (χ0) is 28.2. The first-order valence-corrected chi connectivity index (χ1v) is 12.1. The first kappa shape index (κ1) is 33.0. The van der Waals surface area contributed by atoms with Crippen molar-refractivity contribution in [1.29, 1.82) is 0 Å². The highest BCUT2D eigenvalue weighted by atomic mass is 16.6. The molecule has 0 aliphatic heterocycles. The van der Waals surface area contributed by atoms with Crippen LogP contribution < -0.4 is 10.6 Å². The Morgan fingerprint density at radius 2 is 1.19 bits per heavy atom. The van der Waals surface area contributed by atoms with E-state index in [0.717, 1.165) is 0 Å². The predicted octanol–water partition coefficient (Wildman–Crippen LogP) is 4.31. The smallest absolute Gasteiger partial charge is 0.329 e. The molecule has 0 saturated heterocycles. The van der Waals surface area contributed by atoms with Crippen molar-refractivity contribution < 1.29 is 33.4 Å². The number of urea groups is 1. The van der Waals surface area contributed by atoms with E-state index in [1.807, 2.05) is 0 Å². The number of amides is 2. The molecule has 36 heavy (non-hydrogen) atoms. The molecule has 0 radical (unpaired) electrons. The van der Waals surface area contributed by atoms with Gasteiger partial charge in [0.05, 0.1) is 0 Å². The van der Waals surface area contributed by atoms with Crippen molar-refractivity contribution in [3.63, 3.8) is 0 Å². The maximum atomic E-state index is 12.8. The van der Waals surface area contributed by atoms with Gasteiger partial charge in [-0.15, -0.1) is 0 Å². The Bertz CT molecular complexity index is 803. The Morgan fingerprint density at radius 3 is 1.61 bits per heavy atom. The lowest BCUT2D eigenvalue weighted by atomic mass is 10.1. The van der Waals surface area contributed by atoms with Gasteiger partial charge in [0, 0.05) is 17.9 Å². The molecule has 0 aliphatic rings. The van der Waals surface area contributed by atoms with Crippen molar-refractivity contribution >= 4 is 23.9 Å². The van der Waals surface area contributed by atoms with Gasteiger partial charge in [-0.2, -0.15) is 0 Å². The maximum absolute atomic E-state index is 12.8. The maximum Gasteiger partial charge on any atom is 0.329 e. The minimum Gasteiger partial charge on any atom is -0.460 e. The van der Waals surface area contributed by atoms with E-state index in [2.05, 4.69) is 20.7 Å². The second-order valence-corrected chi connectivity index (χ2v) is 11.4. The first-order valence-electron chi connectivity index (χ1n) is 12.1. The van der Waals surface area contributed by atoms with Crippen molar-refractivity contribution in [1.82, 2.24) is 10.6 Å². The first-order chi connectivity index (χ1) is 16.3. The number of hydrogen-bond acceptors (Lipinski definition) is 8. The number of carbonyl (C=O) groups is 4. The van der Waals surface area contributed by atoms with Crippen LogP contribution in [0, 0.1) is 0 Å². The number of rotatable bonds is 12.